The maximum absolute atomic E-state index is 2.49. The zero-order valence-electron chi connectivity index (χ0n) is 35.8. The summed E-state index contributed by atoms with van der Waals surface area (Å²) in [4.78, 5) is 4.99. The molecule has 0 fully saturated rings. The Labute approximate surface area is 373 Å². The fourth-order valence-electron chi connectivity index (χ4n) is 10.0. The van der Waals surface area contributed by atoms with Crippen LogP contribution in [0.3, 0.4) is 0 Å². The van der Waals surface area contributed by atoms with Gasteiger partial charge < -0.3 is 9.80 Å². The average molecular weight is 817 g/mol. The standard InChI is InChI=1S/C62H44N2/c1-41-27-31-47(32-28-41)63(57-25-13-21-43-19-9-11-23-49(43)57)59-39-55(45-15-5-3-6-16-45)51-36-38-54-60(40-56(46-17-7-4-8-18-46)52-35-37-53(59)61(51)62(52)54)64(48-33-29-42(2)30-34-48)58-26-14-22-44-20-10-12-24-50(44)58/h3-40H,1-2H3. The van der Waals surface area contributed by atoms with Gasteiger partial charge in [0.05, 0.1) is 22.7 Å². The van der Waals surface area contributed by atoms with Gasteiger partial charge in [-0.3, -0.25) is 0 Å². The van der Waals surface area contributed by atoms with E-state index in [9.17, 15) is 0 Å². The maximum Gasteiger partial charge on any atom is 0.0547 e. The molecule has 12 aromatic rings. The van der Waals surface area contributed by atoms with Crippen LogP contribution >= 0.6 is 0 Å². The number of benzene rings is 12. The second kappa shape index (κ2) is 15.3. The summed E-state index contributed by atoms with van der Waals surface area (Å²) in [5.41, 5.74) is 14.0. The van der Waals surface area contributed by atoms with Crippen LogP contribution in [0.25, 0.3) is 76.1 Å². The molecule has 0 aliphatic heterocycles. The predicted molar refractivity (Wildman–Crippen MR) is 275 cm³/mol. The Hall–Kier alpha value is -8.20. The Kier molecular flexibility index (Phi) is 8.98. The minimum Gasteiger partial charge on any atom is -0.309 e. The Morgan fingerprint density at radius 2 is 0.625 bits per heavy atom. The molecule has 0 saturated heterocycles. The Morgan fingerprint density at radius 3 is 1.05 bits per heavy atom. The molecule has 2 heteroatoms. The molecule has 0 amide bonds. The van der Waals surface area contributed by atoms with Crippen LogP contribution in [0.2, 0.25) is 0 Å². The highest BCUT2D eigenvalue weighted by molar-refractivity contribution is 6.32. The van der Waals surface area contributed by atoms with Crippen molar-refractivity contribution in [2.75, 3.05) is 9.80 Å². The van der Waals surface area contributed by atoms with Gasteiger partial charge in [-0.2, -0.15) is 0 Å². The lowest BCUT2D eigenvalue weighted by atomic mass is 9.85. The Bertz CT molecular complexity index is 3410. The molecular formula is C62H44N2. The summed E-state index contributed by atoms with van der Waals surface area (Å²) in [5, 5.41) is 12.2. The lowest BCUT2D eigenvalue weighted by molar-refractivity contribution is 1.30. The first-order valence-electron chi connectivity index (χ1n) is 22.2. The van der Waals surface area contributed by atoms with Crippen molar-refractivity contribution < 1.29 is 0 Å². The van der Waals surface area contributed by atoms with Crippen LogP contribution in [0, 0.1) is 13.8 Å². The molecular weight excluding hydrogens is 773 g/mol. The number of aryl methyl sites for hydroxylation is 2. The summed E-state index contributed by atoms with van der Waals surface area (Å²) >= 11 is 0. The summed E-state index contributed by atoms with van der Waals surface area (Å²) in [6.07, 6.45) is 0. The van der Waals surface area contributed by atoms with Crippen molar-refractivity contribution in [3.8, 4) is 22.3 Å². The molecule has 64 heavy (non-hydrogen) atoms. The van der Waals surface area contributed by atoms with E-state index in [0.717, 1.165) is 34.1 Å². The smallest absolute Gasteiger partial charge is 0.0547 e. The first kappa shape index (κ1) is 37.6. The largest absolute Gasteiger partial charge is 0.309 e. The van der Waals surface area contributed by atoms with E-state index in [1.165, 1.54) is 87.2 Å². The van der Waals surface area contributed by atoms with E-state index in [4.69, 9.17) is 0 Å². The number of fused-ring (bicyclic) bond motifs is 2. The summed E-state index contributed by atoms with van der Waals surface area (Å²) in [6.45, 7) is 4.32. The number of hydrogen-bond acceptors (Lipinski definition) is 2. The monoisotopic (exact) mass is 816 g/mol. The third-order valence-electron chi connectivity index (χ3n) is 13.1. The van der Waals surface area contributed by atoms with Crippen LogP contribution in [-0.4, -0.2) is 0 Å². The molecule has 12 rings (SSSR count). The second-order valence-corrected chi connectivity index (χ2v) is 17.0. The molecule has 0 radical (unpaired) electrons. The molecule has 2 nitrogen and oxygen atoms in total. The molecule has 0 heterocycles. The van der Waals surface area contributed by atoms with Gasteiger partial charge in [0, 0.05) is 43.7 Å². The van der Waals surface area contributed by atoms with Crippen LogP contribution in [0.15, 0.2) is 231 Å². The topological polar surface area (TPSA) is 6.48 Å². The third-order valence-corrected chi connectivity index (χ3v) is 13.1. The van der Waals surface area contributed by atoms with Crippen LogP contribution in [0.1, 0.15) is 11.1 Å². The van der Waals surface area contributed by atoms with Gasteiger partial charge in [0.1, 0.15) is 0 Å². The van der Waals surface area contributed by atoms with Crippen molar-refractivity contribution in [2.45, 2.75) is 13.8 Å². The molecule has 0 spiro atoms. The summed E-state index contributed by atoms with van der Waals surface area (Å²) in [6, 6.07) is 85.2. The van der Waals surface area contributed by atoms with Gasteiger partial charge in [0.2, 0.25) is 0 Å². The lowest BCUT2D eigenvalue weighted by Gasteiger charge is -2.32. The first-order valence-corrected chi connectivity index (χ1v) is 22.2. The molecule has 12 aromatic carbocycles. The highest BCUT2D eigenvalue weighted by Crippen LogP contribution is 2.53. The van der Waals surface area contributed by atoms with Crippen LogP contribution in [0.5, 0.6) is 0 Å². The van der Waals surface area contributed by atoms with Gasteiger partial charge >= 0.3 is 0 Å². The molecule has 0 saturated carbocycles. The Morgan fingerprint density at radius 1 is 0.266 bits per heavy atom. The van der Waals surface area contributed by atoms with E-state index in [1.54, 1.807) is 0 Å². The lowest BCUT2D eigenvalue weighted by Crippen LogP contribution is -2.12. The van der Waals surface area contributed by atoms with E-state index < -0.39 is 0 Å². The van der Waals surface area contributed by atoms with Crippen LogP contribution in [0.4, 0.5) is 34.1 Å². The van der Waals surface area contributed by atoms with E-state index in [1.807, 2.05) is 0 Å². The van der Waals surface area contributed by atoms with Crippen molar-refractivity contribution in [3.05, 3.63) is 242 Å². The van der Waals surface area contributed by atoms with Gasteiger partial charge in [0.15, 0.2) is 0 Å². The predicted octanol–water partition coefficient (Wildman–Crippen LogP) is 17.8. The third kappa shape index (κ3) is 6.18. The minimum absolute atomic E-state index is 1.11. The number of nitrogens with zero attached hydrogens (tertiary/aromatic N) is 2. The number of hydrogen-bond donors (Lipinski definition) is 0. The quantitative estimate of drug-likeness (QED) is 0.141. The molecule has 0 unspecified atom stereocenters. The fraction of sp³-hybridized carbons (Fsp3) is 0.0323. The molecule has 302 valence electrons. The average Bonchev–Trinajstić information content (AvgIpc) is 3.35. The summed E-state index contributed by atoms with van der Waals surface area (Å²) < 4.78 is 0. The van der Waals surface area contributed by atoms with E-state index >= 15 is 0 Å². The fourth-order valence-corrected chi connectivity index (χ4v) is 10.0. The number of anilines is 6. The zero-order chi connectivity index (χ0) is 42.7. The molecule has 0 aromatic heterocycles. The van der Waals surface area contributed by atoms with Gasteiger partial charge in [0.25, 0.3) is 0 Å². The second-order valence-electron chi connectivity index (χ2n) is 17.0. The van der Waals surface area contributed by atoms with E-state index in [2.05, 4.69) is 254 Å². The van der Waals surface area contributed by atoms with Gasteiger partial charge in [-0.1, -0.05) is 193 Å². The molecule has 0 aliphatic carbocycles. The van der Waals surface area contributed by atoms with Crippen LogP contribution < -0.4 is 9.80 Å². The van der Waals surface area contributed by atoms with E-state index in [-0.39, 0.29) is 0 Å². The van der Waals surface area contributed by atoms with Crippen molar-refractivity contribution in [1.29, 1.82) is 0 Å². The van der Waals surface area contributed by atoms with Gasteiger partial charge in [-0.15, -0.1) is 0 Å². The Balaban J connectivity index is 1.26. The molecule has 0 atom stereocenters. The molecule has 0 bridgehead atoms. The van der Waals surface area contributed by atoms with Gasteiger partial charge in [-0.25, -0.2) is 0 Å². The highest BCUT2D eigenvalue weighted by atomic mass is 15.2. The van der Waals surface area contributed by atoms with Crippen molar-refractivity contribution in [3.63, 3.8) is 0 Å². The van der Waals surface area contributed by atoms with Crippen LogP contribution in [-0.2, 0) is 0 Å². The maximum atomic E-state index is 2.49. The summed E-state index contributed by atoms with van der Waals surface area (Å²) in [5.74, 6) is 0. The van der Waals surface area contributed by atoms with Gasteiger partial charge in [-0.05, 0) is 106 Å². The highest BCUT2D eigenvalue weighted by Gasteiger charge is 2.26. The zero-order valence-corrected chi connectivity index (χ0v) is 35.8. The minimum atomic E-state index is 1.11. The molecule has 0 N–H and O–H groups in total. The normalized spacial score (nSPS) is 11.6. The SMILES string of the molecule is Cc1ccc(N(c2cccc3ccccc23)c2cc(-c3ccccc3)c3ccc4c(N(c5ccc(C)cc5)c5cccc6ccccc56)cc(-c5ccccc5)c5ccc2c3c54)cc1. The van der Waals surface area contributed by atoms with E-state index in [0.29, 0.717) is 0 Å². The van der Waals surface area contributed by atoms with Crippen molar-refractivity contribution in [1.82, 2.24) is 0 Å². The number of rotatable bonds is 8. The first-order chi connectivity index (χ1) is 31.6. The van der Waals surface area contributed by atoms with Crippen molar-refractivity contribution in [2.24, 2.45) is 0 Å². The summed E-state index contributed by atoms with van der Waals surface area (Å²) in [7, 11) is 0. The molecule has 0 aliphatic rings. The van der Waals surface area contributed by atoms with Crippen molar-refractivity contribution >= 4 is 88.0 Å².